The molecule has 1 unspecified atom stereocenters. The molecular formula is C20H26N4O4. The number of urea groups is 1. The highest BCUT2D eigenvalue weighted by atomic mass is 16.6. The molecule has 1 N–H and O–H groups in total. The number of carbonyl (C=O) groups excluding carboxylic acids is 3. The second-order valence-electron chi connectivity index (χ2n) is 8.01. The van der Waals surface area contributed by atoms with Crippen LogP contribution in [-0.2, 0) is 9.53 Å². The van der Waals surface area contributed by atoms with E-state index in [4.69, 9.17) is 4.74 Å². The molecule has 0 radical (unpaired) electrons. The lowest BCUT2D eigenvalue weighted by molar-refractivity contribution is -0.117. The number of piperidine rings is 1. The molecule has 1 aromatic carbocycles. The summed E-state index contributed by atoms with van der Waals surface area (Å²) >= 11 is 0. The van der Waals surface area contributed by atoms with Crippen molar-refractivity contribution in [1.82, 2.24) is 9.80 Å². The lowest BCUT2D eigenvalue weighted by Gasteiger charge is -2.38. The Morgan fingerprint density at radius 3 is 2.68 bits per heavy atom. The lowest BCUT2D eigenvalue weighted by Crippen LogP contribution is -2.53. The summed E-state index contributed by atoms with van der Waals surface area (Å²) in [4.78, 5) is 41.8. The molecule has 3 fully saturated rings. The van der Waals surface area contributed by atoms with Gasteiger partial charge in [-0.1, -0.05) is 6.07 Å². The van der Waals surface area contributed by atoms with Gasteiger partial charge < -0.3 is 24.8 Å². The van der Waals surface area contributed by atoms with Crippen LogP contribution in [0.5, 0.6) is 0 Å². The zero-order chi connectivity index (χ0) is 19.9. The largest absolute Gasteiger partial charge is 0.439 e. The highest BCUT2D eigenvalue weighted by Crippen LogP contribution is 2.32. The van der Waals surface area contributed by atoms with E-state index >= 15 is 0 Å². The van der Waals surface area contributed by atoms with Crippen LogP contribution in [0.3, 0.4) is 0 Å². The van der Waals surface area contributed by atoms with E-state index in [1.54, 1.807) is 21.7 Å². The number of anilines is 2. The highest BCUT2D eigenvalue weighted by molar-refractivity contribution is 5.97. The summed E-state index contributed by atoms with van der Waals surface area (Å²) in [5, 5.41) is 2.94. The molecule has 3 aliphatic rings. The van der Waals surface area contributed by atoms with Gasteiger partial charge in [0.25, 0.3) is 0 Å². The fourth-order valence-electron chi connectivity index (χ4n) is 4.36. The van der Waals surface area contributed by atoms with E-state index in [0.717, 1.165) is 30.5 Å². The minimum atomic E-state index is -0.609. The topological polar surface area (TPSA) is 82.2 Å². The van der Waals surface area contributed by atoms with E-state index in [2.05, 4.69) is 5.32 Å². The molecular weight excluding hydrogens is 360 g/mol. The van der Waals surface area contributed by atoms with Crippen LogP contribution < -0.4 is 10.2 Å². The van der Waals surface area contributed by atoms with Gasteiger partial charge >= 0.3 is 12.1 Å². The summed E-state index contributed by atoms with van der Waals surface area (Å²) in [7, 11) is 1.71. The number of nitrogens with one attached hydrogen (secondary N) is 1. The van der Waals surface area contributed by atoms with Gasteiger partial charge in [-0.25, -0.2) is 9.59 Å². The normalized spacial score (nSPS) is 24.9. The number of hydrogen-bond donors (Lipinski definition) is 1. The molecule has 3 saturated heterocycles. The van der Waals surface area contributed by atoms with Gasteiger partial charge in [0.1, 0.15) is 5.60 Å². The van der Waals surface area contributed by atoms with E-state index in [9.17, 15) is 14.4 Å². The van der Waals surface area contributed by atoms with Gasteiger partial charge in [-0.15, -0.1) is 0 Å². The van der Waals surface area contributed by atoms with Crippen LogP contribution in [0.1, 0.15) is 31.2 Å². The van der Waals surface area contributed by atoms with Crippen molar-refractivity contribution in [2.75, 3.05) is 43.4 Å². The van der Waals surface area contributed by atoms with Crippen molar-refractivity contribution in [1.29, 1.82) is 0 Å². The Hall–Kier alpha value is -2.77. The van der Waals surface area contributed by atoms with Crippen LogP contribution >= 0.6 is 0 Å². The van der Waals surface area contributed by atoms with Crippen molar-refractivity contribution < 1.29 is 19.1 Å². The number of rotatable bonds is 2. The quantitative estimate of drug-likeness (QED) is 0.847. The first-order valence-corrected chi connectivity index (χ1v) is 9.78. The number of likely N-dealkylation sites (N-methyl/N-ethyl adjacent to an activating group) is 1. The third-order valence-corrected chi connectivity index (χ3v) is 5.79. The van der Waals surface area contributed by atoms with Crippen LogP contribution in [0, 0.1) is 6.92 Å². The first kappa shape index (κ1) is 18.6. The molecule has 3 heterocycles. The molecule has 0 aromatic heterocycles. The Balaban J connectivity index is 1.46. The smallest absolute Gasteiger partial charge is 0.410 e. The Morgan fingerprint density at radius 2 is 2.00 bits per heavy atom. The number of hydrogen-bond acceptors (Lipinski definition) is 4. The van der Waals surface area contributed by atoms with Gasteiger partial charge in [0.15, 0.2) is 0 Å². The minimum absolute atomic E-state index is 0.122. The van der Waals surface area contributed by atoms with Gasteiger partial charge in [0, 0.05) is 37.9 Å². The van der Waals surface area contributed by atoms with Crippen molar-refractivity contribution in [3.8, 4) is 0 Å². The van der Waals surface area contributed by atoms with Crippen LogP contribution in [-0.4, -0.2) is 66.7 Å². The molecule has 4 amide bonds. The van der Waals surface area contributed by atoms with Crippen molar-refractivity contribution >= 4 is 29.4 Å². The second-order valence-corrected chi connectivity index (χ2v) is 8.01. The lowest BCUT2D eigenvalue weighted by atomic mass is 9.93. The third-order valence-electron chi connectivity index (χ3n) is 5.79. The molecule has 8 nitrogen and oxygen atoms in total. The standard InChI is InChI=1S/C20H26N4O4/c1-14-6-7-15(11-16(14)24-10-3-5-17(24)25)21-18(26)23-9-4-8-20(13-23)12-22(2)19(27)28-20/h6-7,11H,3-5,8-10,12-13H2,1-2H3,(H,21,26). The van der Waals surface area contributed by atoms with Crippen LogP contribution in [0.15, 0.2) is 18.2 Å². The van der Waals surface area contributed by atoms with E-state index in [1.807, 2.05) is 25.1 Å². The van der Waals surface area contributed by atoms with Gasteiger partial charge in [0.05, 0.1) is 13.1 Å². The van der Waals surface area contributed by atoms with Gasteiger partial charge in [-0.3, -0.25) is 4.79 Å². The average Bonchev–Trinajstić information content (AvgIpc) is 3.19. The van der Waals surface area contributed by atoms with Gasteiger partial charge in [0.2, 0.25) is 5.91 Å². The van der Waals surface area contributed by atoms with Crippen molar-refractivity contribution in [2.45, 2.75) is 38.2 Å². The van der Waals surface area contributed by atoms with Crippen molar-refractivity contribution in [3.05, 3.63) is 23.8 Å². The summed E-state index contributed by atoms with van der Waals surface area (Å²) in [6.07, 6.45) is 2.65. The average molecular weight is 386 g/mol. The maximum Gasteiger partial charge on any atom is 0.410 e. The number of likely N-dealkylation sites (tertiary alicyclic amines) is 1. The molecule has 1 atom stereocenters. The molecule has 1 aromatic rings. The monoisotopic (exact) mass is 386 g/mol. The summed E-state index contributed by atoms with van der Waals surface area (Å²) in [6.45, 7) is 4.19. The fraction of sp³-hybridized carbons (Fsp3) is 0.550. The zero-order valence-corrected chi connectivity index (χ0v) is 16.4. The van der Waals surface area contributed by atoms with E-state index in [-0.39, 0.29) is 18.0 Å². The number of ether oxygens (including phenoxy) is 1. The predicted molar refractivity (Wildman–Crippen MR) is 104 cm³/mol. The Kier molecular flexibility index (Phi) is 4.64. The summed E-state index contributed by atoms with van der Waals surface area (Å²) in [5.41, 5.74) is 1.90. The first-order valence-electron chi connectivity index (χ1n) is 9.78. The maximum absolute atomic E-state index is 12.8. The number of aryl methyl sites for hydroxylation is 1. The fourth-order valence-corrected chi connectivity index (χ4v) is 4.36. The van der Waals surface area contributed by atoms with E-state index in [1.165, 1.54) is 0 Å². The van der Waals surface area contributed by atoms with Crippen LogP contribution in [0.4, 0.5) is 21.0 Å². The maximum atomic E-state index is 12.8. The Morgan fingerprint density at radius 1 is 1.18 bits per heavy atom. The number of carbonyl (C=O) groups is 3. The number of amides is 4. The molecule has 0 saturated carbocycles. The SMILES string of the molecule is Cc1ccc(NC(=O)N2CCCC3(CN(C)C(=O)O3)C2)cc1N1CCCC1=O. The molecule has 1 spiro atoms. The van der Waals surface area contributed by atoms with E-state index in [0.29, 0.717) is 38.3 Å². The summed E-state index contributed by atoms with van der Waals surface area (Å²) < 4.78 is 5.57. The molecule has 0 aliphatic carbocycles. The molecule has 8 heteroatoms. The minimum Gasteiger partial charge on any atom is -0.439 e. The summed E-state index contributed by atoms with van der Waals surface area (Å²) in [5.74, 6) is 0.122. The number of benzene rings is 1. The Bertz CT molecular complexity index is 826. The summed E-state index contributed by atoms with van der Waals surface area (Å²) in [6, 6.07) is 5.41. The van der Waals surface area contributed by atoms with Crippen molar-refractivity contribution in [2.24, 2.45) is 0 Å². The number of nitrogens with zero attached hydrogens (tertiary/aromatic N) is 3. The zero-order valence-electron chi connectivity index (χ0n) is 16.4. The Labute approximate surface area is 164 Å². The van der Waals surface area contributed by atoms with Crippen molar-refractivity contribution in [3.63, 3.8) is 0 Å². The second kappa shape index (κ2) is 7.00. The highest BCUT2D eigenvalue weighted by Gasteiger charge is 2.47. The molecule has 28 heavy (non-hydrogen) atoms. The van der Waals surface area contributed by atoms with E-state index < -0.39 is 5.60 Å². The molecule has 4 rings (SSSR count). The van der Waals surface area contributed by atoms with Gasteiger partial charge in [-0.2, -0.15) is 0 Å². The molecule has 3 aliphatic heterocycles. The van der Waals surface area contributed by atoms with Crippen LogP contribution in [0.2, 0.25) is 0 Å². The molecule has 150 valence electrons. The first-order chi connectivity index (χ1) is 13.4. The molecule has 0 bridgehead atoms. The third kappa shape index (κ3) is 3.39. The van der Waals surface area contributed by atoms with Crippen LogP contribution in [0.25, 0.3) is 0 Å². The predicted octanol–water partition coefficient (Wildman–Crippen LogP) is 2.57. The van der Waals surface area contributed by atoms with Gasteiger partial charge in [-0.05, 0) is 43.9 Å².